The van der Waals surface area contributed by atoms with E-state index in [1.807, 2.05) is 0 Å². The first-order chi connectivity index (χ1) is 6.72. The minimum atomic E-state index is -5.35. The van der Waals surface area contributed by atoms with Gasteiger partial charge in [0, 0.05) is 0 Å². The van der Waals surface area contributed by atoms with Gasteiger partial charge >= 0.3 is 47.9 Å². The van der Waals surface area contributed by atoms with Crippen LogP contribution in [0.5, 0.6) is 5.75 Å². The molecule has 0 saturated heterocycles. The van der Waals surface area contributed by atoms with Crippen molar-refractivity contribution >= 4 is 18.3 Å². The number of rotatable bonds is 3. The van der Waals surface area contributed by atoms with E-state index in [0.29, 0.717) is 0 Å². The number of benzene rings is 1. The summed E-state index contributed by atoms with van der Waals surface area (Å²) >= 11 is 0. The molecule has 1 N–H and O–H groups in total. The van der Waals surface area contributed by atoms with Crippen LogP contribution in [0.15, 0.2) is 24.3 Å². The van der Waals surface area contributed by atoms with E-state index in [2.05, 4.69) is 4.18 Å². The van der Waals surface area contributed by atoms with E-state index in [4.69, 9.17) is 4.55 Å². The van der Waals surface area contributed by atoms with Crippen LogP contribution in [0.2, 0.25) is 0 Å². The van der Waals surface area contributed by atoms with E-state index in [0.717, 1.165) is 24.3 Å². The summed E-state index contributed by atoms with van der Waals surface area (Å²) in [6, 6.07) is 3.54. The molecular weight excluding hydrogens is 274 g/mol. The maximum atomic E-state index is 12.4. The van der Waals surface area contributed by atoms with Crippen LogP contribution in [0.25, 0.3) is 0 Å². The topological polar surface area (TPSA) is 97.7 Å². The van der Waals surface area contributed by atoms with Crippen LogP contribution >= 0.6 is 0 Å². The van der Waals surface area contributed by atoms with E-state index < -0.39 is 29.9 Å². The Balaban J connectivity index is 0. The van der Waals surface area contributed by atoms with E-state index in [9.17, 15) is 21.2 Å². The van der Waals surface area contributed by atoms with Gasteiger partial charge in [-0.1, -0.05) is 0 Å². The first-order valence-electron chi connectivity index (χ1n) is 3.40. The number of halogens is 1. The van der Waals surface area contributed by atoms with Gasteiger partial charge in [0.15, 0.2) is 0 Å². The molecule has 0 spiro atoms. The fourth-order valence-electron chi connectivity index (χ4n) is 0.651. The predicted molar refractivity (Wildman–Crippen MR) is 48.6 cm³/mol. The molecule has 0 bridgehead atoms. The summed E-state index contributed by atoms with van der Waals surface area (Å²) in [5.41, 5.74) is 0. The summed E-state index contributed by atoms with van der Waals surface area (Å²) in [6.07, 6.45) is 0. The van der Waals surface area contributed by atoms with Crippen molar-refractivity contribution in [3.05, 3.63) is 30.1 Å². The van der Waals surface area contributed by atoms with Gasteiger partial charge in [0.2, 0.25) is 0 Å². The summed E-state index contributed by atoms with van der Waals surface area (Å²) in [6.45, 7) is 0. The zero-order valence-corrected chi connectivity index (χ0v) is 11.6. The molecule has 0 radical (unpaired) electrons. The Labute approximate surface area is 114 Å². The van der Waals surface area contributed by atoms with Crippen LogP contribution in [0.1, 0.15) is 1.43 Å². The molecule has 0 unspecified atom stereocenters. The maximum absolute atomic E-state index is 12.4. The van der Waals surface area contributed by atoms with Crippen molar-refractivity contribution in [1.82, 2.24) is 0 Å². The molecule has 0 aromatic heterocycles. The maximum Gasteiger partial charge on any atom is 1.00 e. The summed E-state index contributed by atoms with van der Waals surface area (Å²) in [5, 5.41) is 0. The van der Waals surface area contributed by atoms with Gasteiger partial charge in [-0.05, 0) is 24.3 Å². The van der Waals surface area contributed by atoms with Gasteiger partial charge in [-0.2, -0.15) is 16.8 Å². The van der Waals surface area contributed by atoms with E-state index in [-0.39, 0.29) is 31.0 Å². The largest absolute Gasteiger partial charge is 1.00 e. The third kappa shape index (κ3) is 4.00. The Morgan fingerprint density at radius 1 is 1.12 bits per heavy atom. The van der Waals surface area contributed by atoms with E-state index in [1.54, 1.807) is 0 Å². The van der Waals surface area contributed by atoms with Crippen LogP contribution in [-0.2, 0) is 18.3 Å². The van der Waals surface area contributed by atoms with E-state index >= 15 is 0 Å². The number of hydrogen-bond acceptors (Lipinski definition) is 5. The Kier molecular flexibility index (Phi) is 5.36. The molecule has 0 aliphatic heterocycles. The molecular formula is C6H6FNaO6S2. The van der Waals surface area contributed by atoms with Gasteiger partial charge in [-0.3, -0.25) is 4.55 Å². The Morgan fingerprint density at radius 3 is 1.94 bits per heavy atom. The normalized spacial score (nSPS) is 11.6. The van der Waals surface area contributed by atoms with Crippen LogP contribution in [-0.4, -0.2) is 21.4 Å². The fraction of sp³-hybridized carbons (Fsp3) is 0. The minimum absolute atomic E-state index is 0. The molecule has 0 aliphatic carbocycles. The molecule has 0 fully saturated rings. The summed E-state index contributed by atoms with van der Waals surface area (Å²) in [5.74, 6) is -1.07. The van der Waals surface area contributed by atoms with Gasteiger partial charge in [-0.25, -0.2) is 4.39 Å². The Morgan fingerprint density at radius 2 is 1.56 bits per heavy atom. The van der Waals surface area contributed by atoms with Gasteiger partial charge < -0.3 is 5.61 Å². The second kappa shape index (κ2) is 5.43. The molecule has 0 aliphatic rings. The monoisotopic (exact) mass is 280 g/mol. The van der Waals surface area contributed by atoms with Crippen molar-refractivity contribution in [2.24, 2.45) is 0 Å². The third-order valence-corrected chi connectivity index (χ3v) is 3.93. The molecule has 1 rings (SSSR count). The molecule has 1 aromatic rings. The van der Waals surface area contributed by atoms with Crippen LogP contribution in [0, 0.1) is 5.82 Å². The smallest absolute Gasteiger partial charge is 1.00 e. The van der Waals surface area contributed by atoms with E-state index in [1.165, 1.54) is 0 Å². The predicted octanol–water partition coefficient (Wildman–Crippen LogP) is -2.55. The molecule has 0 saturated carbocycles. The quantitative estimate of drug-likeness (QED) is 0.372. The van der Waals surface area contributed by atoms with Crippen molar-refractivity contribution in [1.29, 1.82) is 0 Å². The Bertz CT molecular complexity index is 555. The minimum Gasteiger partial charge on any atom is -1.00 e. The zero-order chi connectivity index (χ0) is 11.7. The summed E-state index contributed by atoms with van der Waals surface area (Å²) in [7, 11) is -10.5. The SMILES string of the molecule is O=S(=O)(O)S(=O)(=O)Oc1ccc(F)cc1.[H-].[Na+]. The molecule has 6 nitrogen and oxygen atoms in total. The van der Waals surface area contributed by atoms with Crippen LogP contribution < -0.4 is 33.7 Å². The molecule has 0 atom stereocenters. The molecule has 86 valence electrons. The average molecular weight is 280 g/mol. The molecule has 16 heavy (non-hydrogen) atoms. The molecule has 0 heterocycles. The average Bonchev–Trinajstić information content (AvgIpc) is 2.06. The Hall–Kier alpha value is -0.190. The molecule has 0 amide bonds. The zero-order valence-electron chi connectivity index (χ0n) is 8.99. The van der Waals surface area contributed by atoms with Gasteiger partial charge in [-0.15, -0.1) is 0 Å². The van der Waals surface area contributed by atoms with Crippen molar-refractivity contribution in [3.63, 3.8) is 0 Å². The first kappa shape index (κ1) is 15.8. The van der Waals surface area contributed by atoms with Crippen molar-refractivity contribution < 1.29 is 60.9 Å². The van der Waals surface area contributed by atoms with Crippen molar-refractivity contribution in [3.8, 4) is 5.75 Å². The van der Waals surface area contributed by atoms with Gasteiger partial charge in [0.25, 0.3) is 0 Å². The summed E-state index contributed by atoms with van der Waals surface area (Å²) < 4.78 is 66.7. The number of hydrogen-bond donors (Lipinski definition) is 1. The third-order valence-electron chi connectivity index (χ3n) is 1.27. The molecule has 1 aromatic carbocycles. The van der Waals surface area contributed by atoms with Crippen molar-refractivity contribution in [2.45, 2.75) is 0 Å². The fourth-order valence-corrected chi connectivity index (χ4v) is 1.58. The standard InChI is InChI=1S/C6H5FO6S2.Na.H/c7-5-1-3-6(4-2-5)13-15(11,12)14(8,9)10;;/h1-4H,(H,8,9,10);;/q;+1;-1. The molecule has 10 heteroatoms. The second-order valence-electron chi connectivity index (χ2n) is 2.37. The van der Waals surface area contributed by atoms with Crippen LogP contribution in [0.3, 0.4) is 0 Å². The first-order valence-corrected chi connectivity index (χ1v) is 6.76. The van der Waals surface area contributed by atoms with Crippen LogP contribution in [0.4, 0.5) is 4.39 Å². The van der Waals surface area contributed by atoms with Crippen molar-refractivity contribution in [2.75, 3.05) is 0 Å². The van der Waals surface area contributed by atoms with Gasteiger partial charge in [0.05, 0.1) is 0 Å². The van der Waals surface area contributed by atoms with Gasteiger partial charge in [0.1, 0.15) is 11.6 Å². The summed E-state index contributed by atoms with van der Waals surface area (Å²) in [4.78, 5) is 0. The second-order valence-corrected chi connectivity index (χ2v) is 6.70.